The predicted octanol–water partition coefficient (Wildman–Crippen LogP) is 2.01. The lowest BCUT2D eigenvalue weighted by Gasteiger charge is -2.23. The van der Waals surface area contributed by atoms with Gasteiger partial charge in [0.05, 0.1) is 12.2 Å². The van der Waals surface area contributed by atoms with Gasteiger partial charge >= 0.3 is 6.03 Å². The predicted molar refractivity (Wildman–Crippen MR) is 98.3 cm³/mol. The zero-order valence-electron chi connectivity index (χ0n) is 15.2. The molecule has 0 saturated carbocycles. The van der Waals surface area contributed by atoms with Gasteiger partial charge in [-0.3, -0.25) is 4.68 Å². The van der Waals surface area contributed by atoms with Gasteiger partial charge in [-0.2, -0.15) is 5.10 Å². The lowest BCUT2D eigenvalue weighted by atomic mass is 10.1. The van der Waals surface area contributed by atoms with Crippen LogP contribution in [0.4, 0.5) is 4.79 Å². The van der Waals surface area contributed by atoms with Gasteiger partial charge in [0, 0.05) is 31.9 Å². The molecule has 0 unspecified atom stereocenters. The van der Waals surface area contributed by atoms with Crippen molar-refractivity contribution in [3.63, 3.8) is 0 Å². The number of fused-ring (bicyclic) bond motifs is 1. The largest absolute Gasteiger partial charge is 0.336 e. The van der Waals surface area contributed by atoms with E-state index in [4.69, 9.17) is 0 Å². The number of benzene rings is 1. The average Bonchev–Trinajstić information content (AvgIpc) is 3.21. The Labute approximate surface area is 149 Å². The van der Waals surface area contributed by atoms with E-state index in [1.54, 1.807) is 4.68 Å². The maximum Gasteiger partial charge on any atom is 0.315 e. The molecule has 1 aromatic carbocycles. The fraction of sp³-hybridized carbons (Fsp3) is 0.474. The second-order valence-electron chi connectivity index (χ2n) is 6.95. The summed E-state index contributed by atoms with van der Waals surface area (Å²) in [5, 5.41) is 10.1. The summed E-state index contributed by atoms with van der Waals surface area (Å²) in [7, 11) is 5.90. The van der Waals surface area contributed by atoms with Gasteiger partial charge in [-0.1, -0.05) is 18.2 Å². The minimum absolute atomic E-state index is 0.0967. The topological polar surface area (TPSA) is 62.2 Å². The van der Waals surface area contributed by atoms with Gasteiger partial charge in [-0.05, 0) is 50.0 Å². The van der Waals surface area contributed by atoms with Crippen LogP contribution in [0, 0.1) is 0 Å². The highest BCUT2D eigenvalue weighted by atomic mass is 16.2. The van der Waals surface area contributed by atoms with Crippen molar-refractivity contribution in [2.45, 2.75) is 31.8 Å². The highest BCUT2D eigenvalue weighted by Gasteiger charge is 2.17. The second-order valence-corrected chi connectivity index (χ2v) is 6.95. The van der Waals surface area contributed by atoms with Crippen molar-refractivity contribution in [2.24, 2.45) is 7.05 Å². The number of nitrogens with zero attached hydrogens (tertiary/aromatic N) is 3. The van der Waals surface area contributed by atoms with E-state index < -0.39 is 0 Å². The Balaban J connectivity index is 1.50. The first-order valence-corrected chi connectivity index (χ1v) is 8.80. The molecule has 2 amide bonds. The van der Waals surface area contributed by atoms with Gasteiger partial charge in [0.2, 0.25) is 0 Å². The van der Waals surface area contributed by atoms with E-state index in [0.29, 0.717) is 13.1 Å². The van der Waals surface area contributed by atoms with Gasteiger partial charge in [0.15, 0.2) is 0 Å². The molecule has 2 aromatic rings. The molecule has 0 saturated heterocycles. The van der Waals surface area contributed by atoms with Crippen molar-refractivity contribution in [2.75, 3.05) is 20.6 Å². The molecule has 0 bridgehead atoms. The number of aryl methyl sites for hydroxylation is 3. The summed E-state index contributed by atoms with van der Waals surface area (Å²) in [6.45, 7) is 1.09. The number of likely N-dealkylation sites (N-methyl/N-ethyl adjacent to an activating group) is 1. The summed E-state index contributed by atoms with van der Waals surface area (Å²) in [5.74, 6) is 0. The zero-order valence-corrected chi connectivity index (χ0v) is 15.2. The summed E-state index contributed by atoms with van der Waals surface area (Å²) in [5.41, 5.74) is 5.14. The van der Waals surface area contributed by atoms with Gasteiger partial charge in [-0.15, -0.1) is 0 Å². The molecule has 0 aliphatic heterocycles. The van der Waals surface area contributed by atoms with Gasteiger partial charge in [0.25, 0.3) is 0 Å². The SMILES string of the molecule is CN(C)[C@H](CNC(=O)NCc1ccc2c(c1)CCC2)c1cnn(C)c1. The lowest BCUT2D eigenvalue weighted by Crippen LogP contribution is -2.40. The molecule has 1 atom stereocenters. The molecule has 1 aromatic heterocycles. The fourth-order valence-corrected chi connectivity index (χ4v) is 3.38. The highest BCUT2D eigenvalue weighted by molar-refractivity contribution is 5.73. The smallest absolute Gasteiger partial charge is 0.315 e. The molecule has 0 radical (unpaired) electrons. The van der Waals surface area contributed by atoms with Gasteiger partial charge < -0.3 is 15.5 Å². The summed E-state index contributed by atoms with van der Waals surface area (Å²) in [6, 6.07) is 6.49. The number of hydrogen-bond donors (Lipinski definition) is 2. The van der Waals surface area contributed by atoms with Crippen LogP contribution in [0.3, 0.4) is 0 Å². The molecule has 2 N–H and O–H groups in total. The number of carbonyl (C=O) groups is 1. The number of aromatic nitrogens is 2. The van der Waals surface area contributed by atoms with Crippen LogP contribution >= 0.6 is 0 Å². The first-order chi connectivity index (χ1) is 12.0. The monoisotopic (exact) mass is 341 g/mol. The summed E-state index contributed by atoms with van der Waals surface area (Å²) < 4.78 is 1.78. The molecular formula is C19H27N5O. The second kappa shape index (κ2) is 7.70. The Morgan fingerprint density at radius 3 is 2.80 bits per heavy atom. The number of amides is 2. The zero-order chi connectivity index (χ0) is 17.8. The van der Waals surface area contributed by atoms with Crippen LogP contribution in [0.15, 0.2) is 30.6 Å². The first kappa shape index (κ1) is 17.5. The van der Waals surface area contributed by atoms with Crippen LogP contribution in [0.25, 0.3) is 0 Å². The van der Waals surface area contributed by atoms with E-state index in [0.717, 1.165) is 17.5 Å². The van der Waals surface area contributed by atoms with E-state index in [-0.39, 0.29) is 12.1 Å². The van der Waals surface area contributed by atoms with E-state index in [9.17, 15) is 4.79 Å². The third kappa shape index (κ3) is 4.39. The summed E-state index contributed by atoms with van der Waals surface area (Å²) in [4.78, 5) is 14.2. The average molecular weight is 341 g/mol. The van der Waals surface area contributed by atoms with E-state index in [1.165, 1.54) is 24.0 Å². The highest BCUT2D eigenvalue weighted by Crippen LogP contribution is 2.22. The van der Waals surface area contributed by atoms with Crippen molar-refractivity contribution in [1.82, 2.24) is 25.3 Å². The summed E-state index contributed by atoms with van der Waals surface area (Å²) in [6.07, 6.45) is 7.41. The van der Waals surface area contributed by atoms with Gasteiger partial charge in [-0.25, -0.2) is 4.79 Å². The molecule has 3 rings (SSSR count). The minimum atomic E-state index is -0.142. The molecule has 6 nitrogen and oxygen atoms in total. The Kier molecular flexibility index (Phi) is 5.38. The van der Waals surface area contributed by atoms with E-state index >= 15 is 0 Å². The third-order valence-electron chi connectivity index (χ3n) is 4.80. The van der Waals surface area contributed by atoms with Crippen molar-refractivity contribution < 1.29 is 4.79 Å². The first-order valence-electron chi connectivity index (χ1n) is 8.80. The Hall–Kier alpha value is -2.34. The number of nitrogens with one attached hydrogen (secondary N) is 2. The Morgan fingerprint density at radius 1 is 1.28 bits per heavy atom. The molecule has 1 aliphatic rings. The standard InChI is InChI=1S/C19H27N5O/c1-23(2)18(17-11-22-24(3)13-17)12-21-19(25)20-10-14-7-8-15-5-4-6-16(15)9-14/h7-9,11,13,18H,4-6,10,12H2,1-3H3,(H2,20,21,25)/t18-/m1/s1. The lowest BCUT2D eigenvalue weighted by molar-refractivity contribution is 0.232. The molecule has 0 fully saturated rings. The molecule has 6 heteroatoms. The number of hydrogen-bond acceptors (Lipinski definition) is 3. The van der Waals surface area contributed by atoms with E-state index in [1.807, 2.05) is 33.5 Å². The normalized spacial score (nSPS) is 14.4. The Morgan fingerprint density at radius 2 is 2.08 bits per heavy atom. The minimum Gasteiger partial charge on any atom is -0.336 e. The quantitative estimate of drug-likeness (QED) is 0.845. The van der Waals surface area contributed by atoms with Crippen LogP contribution in [-0.4, -0.2) is 41.4 Å². The van der Waals surface area contributed by atoms with Crippen LogP contribution in [0.1, 0.15) is 34.7 Å². The number of urea groups is 1. The molecule has 1 aliphatic carbocycles. The number of carbonyl (C=O) groups excluding carboxylic acids is 1. The fourth-order valence-electron chi connectivity index (χ4n) is 3.38. The maximum absolute atomic E-state index is 12.2. The van der Waals surface area contributed by atoms with Crippen LogP contribution in [0.5, 0.6) is 0 Å². The van der Waals surface area contributed by atoms with Crippen molar-refractivity contribution in [3.05, 3.63) is 52.8 Å². The molecule has 134 valence electrons. The van der Waals surface area contributed by atoms with Gasteiger partial charge in [0.1, 0.15) is 0 Å². The van der Waals surface area contributed by atoms with E-state index in [2.05, 4.69) is 38.8 Å². The molecule has 0 spiro atoms. The van der Waals surface area contributed by atoms with Crippen molar-refractivity contribution in [1.29, 1.82) is 0 Å². The molecule has 25 heavy (non-hydrogen) atoms. The molecule has 1 heterocycles. The number of rotatable bonds is 6. The summed E-state index contributed by atoms with van der Waals surface area (Å²) >= 11 is 0. The van der Waals surface area contributed by atoms with Crippen molar-refractivity contribution >= 4 is 6.03 Å². The van der Waals surface area contributed by atoms with Crippen LogP contribution in [0.2, 0.25) is 0 Å². The van der Waals surface area contributed by atoms with Crippen LogP contribution in [-0.2, 0) is 26.4 Å². The van der Waals surface area contributed by atoms with Crippen molar-refractivity contribution in [3.8, 4) is 0 Å². The molecular weight excluding hydrogens is 314 g/mol. The Bertz CT molecular complexity index is 737. The maximum atomic E-state index is 12.2. The third-order valence-corrected chi connectivity index (χ3v) is 4.80. The van der Waals surface area contributed by atoms with Crippen LogP contribution < -0.4 is 10.6 Å².